The number of benzene rings is 2. The van der Waals surface area contributed by atoms with E-state index in [0.29, 0.717) is 5.75 Å². The molecule has 0 saturated carbocycles. The molecule has 0 fully saturated rings. The Kier molecular flexibility index (Phi) is 3.95. The highest BCUT2D eigenvalue weighted by atomic mass is 79.9. The van der Waals surface area contributed by atoms with Crippen LogP contribution < -0.4 is 0 Å². The highest BCUT2D eigenvalue weighted by molar-refractivity contribution is 9.13. The van der Waals surface area contributed by atoms with Crippen LogP contribution >= 0.6 is 43.6 Å². The molecular weight excluding hydrogens is 352 g/mol. The van der Waals surface area contributed by atoms with Crippen LogP contribution in [0.2, 0.25) is 0 Å². The molecule has 82 valence electrons. The summed E-state index contributed by atoms with van der Waals surface area (Å²) in [7, 11) is 0. The molecule has 0 saturated heterocycles. The van der Waals surface area contributed by atoms with Crippen molar-refractivity contribution in [3.63, 3.8) is 0 Å². The van der Waals surface area contributed by atoms with Crippen LogP contribution in [0, 0.1) is 0 Å². The Labute approximate surface area is 115 Å². The summed E-state index contributed by atoms with van der Waals surface area (Å²) in [6.45, 7) is 0. The minimum absolute atomic E-state index is 0.293. The summed E-state index contributed by atoms with van der Waals surface area (Å²) in [5.41, 5.74) is 0. The summed E-state index contributed by atoms with van der Waals surface area (Å²) in [6.07, 6.45) is 0. The zero-order valence-corrected chi connectivity index (χ0v) is 12.1. The third-order valence-electron chi connectivity index (χ3n) is 1.96. The molecule has 2 aromatic rings. The van der Waals surface area contributed by atoms with Crippen molar-refractivity contribution in [1.29, 1.82) is 0 Å². The molecule has 4 heteroatoms. The van der Waals surface area contributed by atoms with Crippen LogP contribution in [0.25, 0.3) is 0 Å². The van der Waals surface area contributed by atoms with Crippen molar-refractivity contribution in [3.8, 4) is 5.75 Å². The standard InChI is InChI=1S/C12H8Br2OS/c13-11-6-5-10(7-12(11)14)16-9-3-1-8(15)2-4-9/h1-7,15H. The molecule has 0 aliphatic heterocycles. The fourth-order valence-electron chi connectivity index (χ4n) is 1.19. The minimum atomic E-state index is 0.293. The second-order valence-corrected chi connectivity index (χ2v) is 6.03. The van der Waals surface area contributed by atoms with Crippen molar-refractivity contribution in [2.45, 2.75) is 9.79 Å². The third-order valence-corrected chi connectivity index (χ3v) is 4.84. The quantitative estimate of drug-likeness (QED) is 0.807. The van der Waals surface area contributed by atoms with Gasteiger partial charge in [-0.3, -0.25) is 0 Å². The van der Waals surface area contributed by atoms with Crippen molar-refractivity contribution in [1.82, 2.24) is 0 Å². The molecule has 0 aliphatic carbocycles. The van der Waals surface area contributed by atoms with E-state index in [0.717, 1.165) is 18.7 Å². The molecular formula is C12H8Br2OS. The Bertz CT molecular complexity index is 497. The van der Waals surface area contributed by atoms with E-state index in [9.17, 15) is 5.11 Å². The third kappa shape index (κ3) is 3.03. The van der Waals surface area contributed by atoms with Crippen LogP contribution in [0.4, 0.5) is 0 Å². The SMILES string of the molecule is Oc1ccc(Sc2ccc(Br)c(Br)c2)cc1. The van der Waals surface area contributed by atoms with Gasteiger partial charge in [-0.25, -0.2) is 0 Å². The van der Waals surface area contributed by atoms with Gasteiger partial charge in [0, 0.05) is 18.7 Å². The maximum absolute atomic E-state index is 9.18. The fourth-order valence-corrected chi connectivity index (χ4v) is 2.82. The number of phenols is 1. The molecule has 0 amide bonds. The van der Waals surface area contributed by atoms with Crippen molar-refractivity contribution in [3.05, 3.63) is 51.4 Å². The molecule has 0 aliphatic rings. The van der Waals surface area contributed by atoms with Gasteiger partial charge in [0.05, 0.1) is 0 Å². The van der Waals surface area contributed by atoms with Gasteiger partial charge in [0.2, 0.25) is 0 Å². The Morgan fingerprint density at radius 2 is 1.44 bits per heavy atom. The van der Waals surface area contributed by atoms with E-state index in [2.05, 4.69) is 37.9 Å². The normalized spacial score (nSPS) is 10.4. The number of rotatable bonds is 2. The molecule has 2 rings (SSSR count). The second-order valence-electron chi connectivity index (χ2n) is 3.17. The zero-order valence-electron chi connectivity index (χ0n) is 8.15. The van der Waals surface area contributed by atoms with Gasteiger partial charge in [-0.15, -0.1) is 0 Å². The van der Waals surface area contributed by atoms with Crippen molar-refractivity contribution >= 4 is 43.6 Å². The van der Waals surface area contributed by atoms with E-state index >= 15 is 0 Å². The lowest BCUT2D eigenvalue weighted by atomic mass is 10.3. The van der Waals surface area contributed by atoms with Gasteiger partial charge in [-0.05, 0) is 74.3 Å². The smallest absolute Gasteiger partial charge is 0.115 e. The van der Waals surface area contributed by atoms with Crippen LogP contribution in [0.1, 0.15) is 0 Å². The van der Waals surface area contributed by atoms with Crippen LogP contribution in [-0.2, 0) is 0 Å². The Morgan fingerprint density at radius 1 is 0.812 bits per heavy atom. The molecule has 0 aromatic heterocycles. The van der Waals surface area contributed by atoms with E-state index in [1.54, 1.807) is 23.9 Å². The molecule has 0 bridgehead atoms. The van der Waals surface area contributed by atoms with Gasteiger partial charge in [-0.1, -0.05) is 11.8 Å². The van der Waals surface area contributed by atoms with Crippen molar-refractivity contribution in [2.24, 2.45) is 0 Å². The Morgan fingerprint density at radius 3 is 2.06 bits per heavy atom. The Balaban J connectivity index is 2.20. The zero-order chi connectivity index (χ0) is 11.5. The average Bonchev–Trinajstić information content (AvgIpc) is 2.27. The van der Waals surface area contributed by atoms with E-state index in [1.165, 1.54) is 0 Å². The van der Waals surface area contributed by atoms with E-state index < -0.39 is 0 Å². The molecule has 1 nitrogen and oxygen atoms in total. The summed E-state index contributed by atoms with van der Waals surface area (Å²) in [5.74, 6) is 0.293. The number of hydrogen-bond donors (Lipinski definition) is 1. The number of aromatic hydroxyl groups is 1. The predicted octanol–water partition coefficient (Wildman–Crippen LogP) is 5.07. The first-order chi connectivity index (χ1) is 7.65. The molecule has 0 spiro atoms. The van der Waals surface area contributed by atoms with Crippen molar-refractivity contribution in [2.75, 3.05) is 0 Å². The lowest BCUT2D eigenvalue weighted by Gasteiger charge is -2.03. The van der Waals surface area contributed by atoms with E-state index in [4.69, 9.17) is 0 Å². The van der Waals surface area contributed by atoms with E-state index in [1.807, 2.05) is 24.3 Å². The van der Waals surface area contributed by atoms with Crippen LogP contribution in [0.3, 0.4) is 0 Å². The fraction of sp³-hybridized carbons (Fsp3) is 0. The lowest BCUT2D eigenvalue weighted by molar-refractivity contribution is 0.475. The number of hydrogen-bond acceptors (Lipinski definition) is 2. The summed E-state index contributed by atoms with van der Waals surface area (Å²) >= 11 is 8.56. The number of phenolic OH excluding ortho intramolecular Hbond substituents is 1. The number of halogens is 2. The molecule has 0 unspecified atom stereocenters. The first-order valence-corrected chi connectivity index (χ1v) is 6.97. The minimum Gasteiger partial charge on any atom is -0.508 e. The predicted molar refractivity (Wildman–Crippen MR) is 74.1 cm³/mol. The van der Waals surface area contributed by atoms with Crippen LogP contribution in [0.5, 0.6) is 5.75 Å². The highest BCUT2D eigenvalue weighted by Gasteiger charge is 2.01. The maximum Gasteiger partial charge on any atom is 0.115 e. The molecule has 16 heavy (non-hydrogen) atoms. The maximum atomic E-state index is 9.18. The molecule has 0 radical (unpaired) electrons. The molecule has 1 N–H and O–H groups in total. The van der Waals surface area contributed by atoms with Gasteiger partial charge >= 0.3 is 0 Å². The van der Waals surface area contributed by atoms with Gasteiger partial charge in [-0.2, -0.15) is 0 Å². The van der Waals surface area contributed by atoms with E-state index in [-0.39, 0.29) is 0 Å². The lowest BCUT2D eigenvalue weighted by Crippen LogP contribution is -1.75. The van der Waals surface area contributed by atoms with Gasteiger partial charge in [0.1, 0.15) is 5.75 Å². The van der Waals surface area contributed by atoms with Crippen LogP contribution in [0.15, 0.2) is 61.2 Å². The summed E-state index contributed by atoms with van der Waals surface area (Å²) < 4.78 is 2.08. The first kappa shape index (κ1) is 12.0. The largest absolute Gasteiger partial charge is 0.508 e. The second kappa shape index (κ2) is 5.25. The molecule has 0 heterocycles. The monoisotopic (exact) mass is 358 g/mol. The topological polar surface area (TPSA) is 20.2 Å². The summed E-state index contributed by atoms with van der Waals surface area (Å²) in [6, 6.07) is 13.3. The van der Waals surface area contributed by atoms with Crippen LogP contribution in [-0.4, -0.2) is 5.11 Å². The highest BCUT2D eigenvalue weighted by Crippen LogP contribution is 2.33. The van der Waals surface area contributed by atoms with Crippen molar-refractivity contribution < 1.29 is 5.11 Å². The Hall–Kier alpha value is -0.450. The molecule has 2 aromatic carbocycles. The average molecular weight is 360 g/mol. The molecule has 0 atom stereocenters. The van der Waals surface area contributed by atoms with Gasteiger partial charge in [0.15, 0.2) is 0 Å². The van der Waals surface area contributed by atoms with Gasteiger partial charge < -0.3 is 5.11 Å². The van der Waals surface area contributed by atoms with Gasteiger partial charge in [0.25, 0.3) is 0 Å². The summed E-state index contributed by atoms with van der Waals surface area (Å²) in [4.78, 5) is 2.26. The first-order valence-electron chi connectivity index (χ1n) is 4.57. The summed E-state index contributed by atoms with van der Waals surface area (Å²) in [5, 5.41) is 9.18.